The van der Waals surface area contributed by atoms with Crippen LogP contribution in [0.5, 0.6) is 0 Å². The van der Waals surface area contributed by atoms with Gasteiger partial charge in [-0.05, 0) is 12.2 Å². The predicted molar refractivity (Wildman–Crippen MR) is 64.4 cm³/mol. The van der Waals surface area contributed by atoms with Gasteiger partial charge in [-0.2, -0.15) is 13.2 Å². The molecule has 0 spiro atoms. The van der Waals surface area contributed by atoms with Crippen LogP contribution in [0.4, 0.5) is 13.2 Å². The van der Waals surface area contributed by atoms with Gasteiger partial charge >= 0.3 is 12.1 Å². The van der Waals surface area contributed by atoms with Crippen molar-refractivity contribution >= 4 is 23.2 Å². The number of alkyl halides is 3. The molecule has 1 aromatic heterocycles. The van der Waals surface area contributed by atoms with Crippen molar-refractivity contribution in [1.29, 1.82) is 0 Å². The summed E-state index contributed by atoms with van der Waals surface area (Å²) < 4.78 is 38.4. The maximum Gasteiger partial charge on any atom is 0.471 e. The molecule has 0 bridgehead atoms. The van der Waals surface area contributed by atoms with Gasteiger partial charge < -0.3 is 9.80 Å². The first-order valence-corrected chi connectivity index (χ1v) is 5.94. The van der Waals surface area contributed by atoms with Gasteiger partial charge in [-0.1, -0.05) is 0 Å². The van der Waals surface area contributed by atoms with Gasteiger partial charge in [0.25, 0.3) is 0 Å². The maximum absolute atomic E-state index is 12.3. The van der Waals surface area contributed by atoms with E-state index in [1.54, 1.807) is 21.9 Å². The van der Waals surface area contributed by atoms with E-state index in [-0.39, 0.29) is 26.2 Å². The first-order valence-electron chi connectivity index (χ1n) is 5.53. The SMILES string of the molecule is O=C(N1CCN(C(=S)n2ccnc2)CC1)C(F)(F)F. The standard InChI is InChI=1S/C10H11F3N4OS/c11-10(12,13)8(18)15-3-5-16(6-4-15)9(19)17-2-1-14-7-17/h1-2,7H,3-6H2. The lowest BCUT2D eigenvalue weighted by Gasteiger charge is -2.36. The average molecular weight is 292 g/mol. The number of halogens is 3. The van der Waals surface area contributed by atoms with Crippen molar-refractivity contribution in [2.24, 2.45) is 0 Å². The Morgan fingerprint density at radius 1 is 1.16 bits per heavy atom. The van der Waals surface area contributed by atoms with Gasteiger partial charge in [0.15, 0.2) is 5.11 Å². The number of hydrogen-bond donors (Lipinski definition) is 0. The summed E-state index contributed by atoms with van der Waals surface area (Å²) >= 11 is 5.20. The normalized spacial score (nSPS) is 16.6. The minimum absolute atomic E-state index is 0.00712. The Morgan fingerprint density at radius 3 is 2.21 bits per heavy atom. The first-order chi connectivity index (χ1) is 8.89. The van der Waals surface area contributed by atoms with Gasteiger partial charge in [0, 0.05) is 38.6 Å². The molecule has 1 aliphatic heterocycles. The topological polar surface area (TPSA) is 41.4 Å². The van der Waals surface area contributed by atoms with Crippen LogP contribution in [-0.2, 0) is 4.79 Å². The number of imidazole rings is 1. The van der Waals surface area contributed by atoms with E-state index in [1.807, 2.05) is 0 Å². The van der Waals surface area contributed by atoms with Crippen LogP contribution in [0.2, 0.25) is 0 Å². The lowest BCUT2D eigenvalue weighted by Crippen LogP contribution is -2.54. The Bertz CT molecular complexity index is 466. The second-order valence-electron chi connectivity index (χ2n) is 4.03. The summed E-state index contributed by atoms with van der Waals surface area (Å²) in [5.41, 5.74) is 0. The Balaban J connectivity index is 1.93. The van der Waals surface area contributed by atoms with Crippen LogP contribution in [0.1, 0.15) is 0 Å². The van der Waals surface area contributed by atoms with Gasteiger partial charge in [-0.15, -0.1) is 0 Å². The zero-order valence-corrected chi connectivity index (χ0v) is 10.6. The highest BCUT2D eigenvalue weighted by Crippen LogP contribution is 2.19. The second-order valence-corrected chi connectivity index (χ2v) is 4.39. The van der Waals surface area contributed by atoms with Crippen molar-refractivity contribution in [1.82, 2.24) is 19.4 Å². The van der Waals surface area contributed by atoms with Crippen molar-refractivity contribution in [3.8, 4) is 0 Å². The van der Waals surface area contributed by atoms with Crippen LogP contribution in [0.25, 0.3) is 0 Å². The van der Waals surface area contributed by atoms with Crippen molar-refractivity contribution in [3.63, 3.8) is 0 Å². The molecular formula is C10H11F3N4OS. The van der Waals surface area contributed by atoms with Crippen molar-refractivity contribution < 1.29 is 18.0 Å². The molecule has 9 heteroatoms. The molecule has 0 radical (unpaired) electrons. The van der Waals surface area contributed by atoms with E-state index in [4.69, 9.17) is 12.2 Å². The predicted octanol–water partition coefficient (Wildman–Crippen LogP) is 0.723. The molecule has 0 aliphatic carbocycles. The number of hydrogen-bond acceptors (Lipinski definition) is 3. The largest absolute Gasteiger partial charge is 0.471 e. The number of carbonyl (C=O) groups is 1. The molecule has 19 heavy (non-hydrogen) atoms. The summed E-state index contributed by atoms with van der Waals surface area (Å²) in [5.74, 6) is -1.79. The molecule has 0 N–H and O–H groups in total. The molecule has 1 fully saturated rings. The van der Waals surface area contributed by atoms with E-state index in [9.17, 15) is 18.0 Å². The molecule has 104 valence electrons. The fraction of sp³-hybridized carbons (Fsp3) is 0.500. The summed E-state index contributed by atoms with van der Waals surface area (Å²) in [4.78, 5) is 17.5. The van der Waals surface area contributed by atoms with Gasteiger partial charge in [0.1, 0.15) is 6.33 Å². The highest BCUT2D eigenvalue weighted by Gasteiger charge is 2.43. The molecule has 0 atom stereocenters. The highest BCUT2D eigenvalue weighted by molar-refractivity contribution is 7.80. The van der Waals surface area contributed by atoms with Crippen LogP contribution >= 0.6 is 12.2 Å². The van der Waals surface area contributed by atoms with Crippen molar-refractivity contribution in [2.75, 3.05) is 26.2 Å². The van der Waals surface area contributed by atoms with Gasteiger partial charge in [-0.25, -0.2) is 4.98 Å². The van der Waals surface area contributed by atoms with E-state index in [0.717, 1.165) is 4.90 Å². The average Bonchev–Trinajstić information content (AvgIpc) is 2.90. The zero-order chi connectivity index (χ0) is 14.0. The third-order valence-corrected chi connectivity index (χ3v) is 3.27. The monoisotopic (exact) mass is 292 g/mol. The zero-order valence-electron chi connectivity index (χ0n) is 9.80. The first kappa shape index (κ1) is 13.8. The molecule has 1 aromatic rings. The van der Waals surface area contributed by atoms with Crippen LogP contribution in [0.3, 0.4) is 0 Å². The lowest BCUT2D eigenvalue weighted by atomic mass is 10.3. The van der Waals surface area contributed by atoms with E-state index < -0.39 is 12.1 Å². The Hall–Kier alpha value is -1.64. The molecule has 0 unspecified atom stereocenters. The van der Waals surface area contributed by atoms with E-state index in [2.05, 4.69) is 4.98 Å². The summed E-state index contributed by atoms with van der Waals surface area (Å²) in [7, 11) is 0. The Morgan fingerprint density at radius 2 is 1.74 bits per heavy atom. The molecule has 0 saturated carbocycles. The number of nitrogens with zero attached hydrogens (tertiary/aromatic N) is 4. The van der Waals surface area contributed by atoms with Crippen molar-refractivity contribution in [3.05, 3.63) is 18.7 Å². The minimum Gasteiger partial charge on any atom is -0.345 e. The lowest BCUT2D eigenvalue weighted by molar-refractivity contribution is -0.186. The third-order valence-electron chi connectivity index (χ3n) is 2.81. The van der Waals surface area contributed by atoms with Gasteiger partial charge in [0.05, 0.1) is 0 Å². The van der Waals surface area contributed by atoms with E-state index >= 15 is 0 Å². The minimum atomic E-state index is -4.81. The molecule has 2 heterocycles. The Labute approximate surface area is 112 Å². The van der Waals surface area contributed by atoms with Crippen LogP contribution in [0, 0.1) is 0 Å². The smallest absolute Gasteiger partial charge is 0.345 e. The summed E-state index contributed by atoms with van der Waals surface area (Å²) in [5, 5.41) is 0.469. The summed E-state index contributed by atoms with van der Waals surface area (Å²) in [6.45, 7) is 0.567. The van der Waals surface area contributed by atoms with E-state index in [1.165, 1.54) is 6.33 Å². The van der Waals surface area contributed by atoms with Crippen LogP contribution in [0.15, 0.2) is 18.7 Å². The molecule has 1 aliphatic rings. The fourth-order valence-electron chi connectivity index (χ4n) is 1.82. The highest BCUT2D eigenvalue weighted by atomic mass is 32.1. The number of thiocarbonyl (C=S) groups is 1. The van der Waals surface area contributed by atoms with Crippen LogP contribution in [-0.4, -0.2) is 62.7 Å². The molecule has 1 amide bonds. The number of aromatic nitrogens is 2. The van der Waals surface area contributed by atoms with Crippen LogP contribution < -0.4 is 0 Å². The molecule has 1 saturated heterocycles. The van der Waals surface area contributed by atoms with Gasteiger partial charge in [0.2, 0.25) is 0 Å². The molecule has 5 nitrogen and oxygen atoms in total. The van der Waals surface area contributed by atoms with Gasteiger partial charge in [-0.3, -0.25) is 9.36 Å². The third kappa shape index (κ3) is 3.03. The van der Waals surface area contributed by atoms with Crippen molar-refractivity contribution in [2.45, 2.75) is 6.18 Å². The molecule has 0 aromatic carbocycles. The summed E-state index contributed by atoms with van der Waals surface area (Å²) in [6, 6.07) is 0. The summed E-state index contributed by atoms with van der Waals surface area (Å²) in [6.07, 6.45) is -0.0616. The number of carbonyl (C=O) groups excluding carboxylic acids is 1. The fourth-order valence-corrected chi connectivity index (χ4v) is 2.11. The number of rotatable bonds is 0. The maximum atomic E-state index is 12.3. The second kappa shape index (κ2) is 5.16. The quantitative estimate of drug-likeness (QED) is 0.661. The van der Waals surface area contributed by atoms with E-state index in [0.29, 0.717) is 5.11 Å². The Kier molecular flexibility index (Phi) is 3.74. The number of amides is 1. The molecule has 2 rings (SSSR count). The number of piperazine rings is 1. The molecular weight excluding hydrogens is 281 g/mol.